The average Bonchev–Trinajstić information content (AvgIpc) is 3.01. The Morgan fingerprint density at radius 3 is 2.62 bits per heavy atom. The molecule has 0 fully saturated rings. The molecule has 0 aliphatic rings. The predicted octanol–water partition coefficient (Wildman–Crippen LogP) is 3.51. The Bertz CT molecular complexity index is 802. The van der Waals surface area contributed by atoms with Gasteiger partial charge in [0.15, 0.2) is 0 Å². The topological polar surface area (TPSA) is 66.9 Å². The molecular formula is C18H18N4OS. The summed E-state index contributed by atoms with van der Waals surface area (Å²) in [6.07, 6.45) is 3.53. The summed E-state index contributed by atoms with van der Waals surface area (Å²) in [6, 6.07) is 13.5. The third-order valence-corrected chi connectivity index (χ3v) is 4.71. The molecule has 3 rings (SSSR count). The van der Waals surface area contributed by atoms with Gasteiger partial charge in [-0.1, -0.05) is 30.3 Å². The first-order valence-electron chi connectivity index (χ1n) is 7.64. The first kappa shape index (κ1) is 16.1. The summed E-state index contributed by atoms with van der Waals surface area (Å²) in [4.78, 5) is 21.6. The zero-order valence-electron chi connectivity index (χ0n) is 13.3. The molecule has 0 radical (unpaired) electrons. The Kier molecular flexibility index (Phi) is 5.18. The standard InChI is InChI=1S/C18H18N4OS/c1-13-16(24-17(22-13)15-8-5-9-19-11-15)12-21-18(23)20-10-14-6-3-2-4-7-14/h2-9,11H,10,12H2,1H3,(H2,20,21,23). The van der Waals surface area contributed by atoms with Gasteiger partial charge in [0, 0.05) is 29.4 Å². The Morgan fingerprint density at radius 1 is 1.08 bits per heavy atom. The van der Waals surface area contributed by atoms with E-state index in [1.165, 1.54) is 0 Å². The minimum Gasteiger partial charge on any atom is -0.334 e. The van der Waals surface area contributed by atoms with E-state index < -0.39 is 0 Å². The van der Waals surface area contributed by atoms with Crippen LogP contribution in [0.2, 0.25) is 0 Å². The molecular weight excluding hydrogens is 320 g/mol. The number of aryl methyl sites for hydroxylation is 1. The SMILES string of the molecule is Cc1nc(-c2cccnc2)sc1CNC(=O)NCc1ccccc1. The van der Waals surface area contributed by atoms with Crippen molar-refractivity contribution in [2.45, 2.75) is 20.0 Å². The zero-order chi connectivity index (χ0) is 16.8. The second-order valence-corrected chi connectivity index (χ2v) is 6.37. The van der Waals surface area contributed by atoms with Crippen LogP contribution < -0.4 is 10.6 Å². The van der Waals surface area contributed by atoms with E-state index in [0.717, 1.165) is 26.7 Å². The summed E-state index contributed by atoms with van der Waals surface area (Å²) < 4.78 is 0. The van der Waals surface area contributed by atoms with Gasteiger partial charge in [0.05, 0.1) is 12.2 Å². The molecule has 1 aromatic carbocycles. The molecule has 0 saturated carbocycles. The summed E-state index contributed by atoms with van der Waals surface area (Å²) in [7, 11) is 0. The molecule has 3 aromatic rings. The Morgan fingerprint density at radius 2 is 1.88 bits per heavy atom. The third-order valence-electron chi connectivity index (χ3n) is 3.51. The molecule has 0 spiro atoms. The fourth-order valence-corrected chi connectivity index (χ4v) is 3.20. The molecule has 0 aliphatic heterocycles. The van der Waals surface area contributed by atoms with Crippen LogP contribution in [0.5, 0.6) is 0 Å². The van der Waals surface area contributed by atoms with Crippen LogP contribution in [0.4, 0.5) is 4.79 Å². The van der Waals surface area contributed by atoms with E-state index >= 15 is 0 Å². The summed E-state index contributed by atoms with van der Waals surface area (Å²) in [5.41, 5.74) is 2.99. The summed E-state index contributed by atoms with van der Waals surface area (Å²) in [6.45, 7) is 2.93. The maximum absolute atomic E-state index is 11.9. The summed E-state index contributed by atoms with van der Waals surface area (Å²) in [5, 5.41) is 6.65. The Balaban J connectivity index is 1.55. The molecule has 0 saturated heterocycles. The first-order valence-corrected chi connectivity index (χ1v) is 8.46. The lowest BCUT2D eigenvalue weighted by Gasteiger charge is -2.07. The molecule has 6 heteroatoms. The highest BCUT2D eigenvalue weighted by molar-refractivity contribution is 7.15. The van der Waals surface area contributed by atoms with Gasteiger partial charge in [-0.15, -0.1) is 11.3 Å². The van der Waals surface area contributed by atoms with Crippen LogP contribution in [0.3, 0.4) is 0 Å². The number of nitrogens with one attached hydrogen (secondary N) is 2. The van der Waals surface area contributed by atoms with E-state index in [-0.39, 0.29) is 6.03 Å². The van der Waals surface area contributed by atoms with Crippen molar-refractivity contribution in [1.82, 2.24) is 20.6 Å². The van der Waals surface area contributed by atoms with Crippen LogP contribution in [0.25, 0.3) is 10.6 Å². The molecule has 0 bridgehead atoms. The second-order valence-electron chi connectivity index (χ2n) is 5.29. The van der Waals surface area contributed by atoms with Crippen LogP contribution in [0.1, 0.15) is 16.1 Å². The van der Waals surface area contributed by atoms with Crippen molar-refractivity contribution in [3.05, 3.63) is 71.0 Å². The molecule has 2 amide bonds. The van der Waals surface area contributed by atoms with Gasteiger partial charge in [-0.3, -0.25) is 4.98 Å². The van der Waals surface area contributed by atoms with Crippen molar-refractivity contribution in [3.8, 4) is 10.6 Å². The number of benzene rings is 1. The van der Waals surface area contributed by atoms with Gasteiger partial charge < -0.3 is 10.6 Å². The molecule has 2 aromatic heterocycles. The molecule has 24 heavy (non-hydrogen) atoms. The molecule has 5 nitrogen and oxygen atoms in total. The number of pyridine rings is 1. The minimum absolute atomic E-state index is 0.186. The number of carbonyl (C=O) groups is 1. The number of hydrogen-bond acceptors (Lipinski definition) is 4. The normalized spacial score (nSPS) is 10.4. The smallest absolute Gasteiger partial charge is 0.315 e. The quantitative estimate of drug-likeness (QED) is 0.748. The van der Waals surface area contributed by atoms with Crippen molar-refractivity contribution >= 4 is 17.4 Å². The van der Waals surface area contributed by atoms with E-state index in [0.29, 0.717) is 13.1 Å². The highest BCUT2D eigenvalue weighted by Gasteiger charge is 2.10. The third kappa shape index (κ3) is 4.17. The Labute approximate surface area is 144 Å². The second kappa shape index (κ2) is 7.70. The van der Waals surface area contributed by atoms with Gasteiger partial charge in [0.25, 0.3) is 0 Å². The number of rotatable bonds is 5. The van der Waals surface area contributed by atoms with E-state index in [1.54, 1.807) is 23.7 Å². The number of urea groups is 1. The van der Waals surface area contributed by atoms with E-state index in [4.69, 9.17) is 0 Å². The van der Waals surface area contributed by atoms with Gasteiger partial charge in [0.2, 0.25) is 0 Å². The number of hydrogen-bond donors (Lipinski definition) is 2. The van der Waals surface area contributed by atoms with Gasteiger partial charge in [-0.25, -0.2) is 9.78 Å². The van der Waals surface area contributed by atoms with Crippen molar-refractivity contribution < 1.29 is 4.79 Å². The van der Waals surface area contributed by atoms with Gasteiger partial charge >= 0.3 is 6.03 Å². The largest absolute Gasteiger partial charge is 0.334 e. The van der Waals surface area contributed by atoms with Crippen LogP contribution in [-0.2, 0) is 13.1 Å². The molecule has 122 valence electrons. The summed E-state index contributed by atoms with van der Waals surface area (Å²) in [5.74, 6) is 0. The van der Waals surface area contributed by atoms with Crippen LogP contribution in [-0.4, -0.2) is 16.0 Å². The van der Waals surface area contributed by atoms with Gasteiger partial charge in [0.1, 0.15) is 5.01 Å². The summed E-state index contributed by atoms with van der Waals surface area (Å²) >= 11 is 1.58. The molecule has 2 heterocycles. The molecule has 0 atom stereocenters. The number of aromatic nitrogens is 2. The average molecular weight is 338 g/mol. The molecule has 0 unspecified atom stereocenters. The number of amides is 2. The Hall–Kier alpha value is -2.73. The monoisotopic (exact) mass is 338 g/mol. The maximum Gasteiger partial charge on any atom is 0.315 e. The lowest BCUT2D eigenvalue weighted by Crippen LogP contribution is -2.34. The van der Waals surface area contributed by atoms with Gasteiger partial charge in [-0.05, 0) is 24.6 Å². The van der Waals surface area contributed by atoms with Crippen molar-refractivity contribution in [3.63, 3.8) is 0 Å². The fourth-order valence-electron chi connectivity index (χ4n) is 2.21. The lowest BCUT2D eigenvalue weighted by atomic mass is 10.2. The van der Waals surface area contributed by atoms with Crippen LogP contribution >= 0.6 is 11.3 Å². The number of thiazole rings is 1. The molecule has 2 N–H and O–H groups in total. The highest BCUT2D eigenvalue weighted by Crippen LogP contribution is 2.27. The highest BCUT2D eigenvalue weighted by atomic mass is 32.1. The number of nitrogens with zero attached hydrogens (tertiary/aromatic N) is 2. The van der Waals surface area contributed by atoms with Gasteiger partial charge in [-0.2, -0.15) is 0 Å². The van der Waals surface area contributed by atoms with E-state index in [1.807, 2.05) is 49.4 Å². The predicted molar refractivity (Wildman–Crippen MR) is 95.6 cm³/mol. The molecule has 0 aliphatic carbocycles. The fraction of sp³-hybridized carbons (Fsp3) is 0.167. The van der Waals surface area contributed by atoms with E-state index in [2.05, 4.69) is 20.6 Å². The van der Waals surface area contributed by atoms with Crippen LogP contribution in [0.15, 0.2) is 54.9 Å². The van der Waals surface area contributed by atoms with Crippen molar-refractivity contribution in [2.75, 3.05) is 0 Å². The lowest BCUT2D eigenvalue weighted by molar-refractivity contribution is 0.240. The van der Waals surface area contributed by atoms with E-state index in [9.17, 15) is 4.79 Å². The van der Waals surface area contributed by atoms with Crippen LogP contribution in [0, 0.1) is 6.92 Å². The minimum atomic E-state index is -0.186. The number of carbonyl (C=O) groups excluding carboxylic acids is 1. The maximum atomic E-state index is 11.9. The first-order chi connectivity index (χ1) is 11.7. The van der Waals surface area contributed by atoms with Crippen molar-refractivity contribution in [2.24, 2.45) is 0 Å². The zero-order valence-corrected chi connectivity index (χ0v) is 14.1. The van der Waals surface area contributed by atoms with Crippen molar-refractivity contribution in [1.29, 1.82) is 0 Å².